The first kappa shape index (κ1) is 13.9. The number of nitrogens with zero attached hydrogens (tertiary/aromatic N) is 1. The second-order valence-electron chi connectivity index (χ2n) is 4.72. The number of pyridine rings is 1. The molecule has 19 heavy (non-hydrogen) atoms. The number of benzene rings is 1. The van der Waals surface area contributed by atoms with Gasteiger partial charge in [0.25, 0.3) is 0 Å². The lowest BCUT2D eigenvalue weighted by Crippen LogP contribution is -2.04. The van der Waals surface area contributed by atoms with Crippen LogP contribution in [0.4, 0.5) is 0 Å². The second kappa shape index (κ2) is 6.62. The van der Waals surface area contributed by atoms with Crippen LogP contribution in [0.3, 0.4) is 0 Å². The van der Waals surface area contributed by atoms with Gasteiger partial charge >= 0.3 is 0 Å². The molecule has 0 amide bonds. The van der Waals surface area contributed by atoms with Gasteiger partial charge in [0.1, 0.15) is 5.78 Å². The minimum Gasteiger partial charge on any atom is -0.299 e. The molecule has 0 spiro atoms. The number of hydrogen-bond acceptors (Lipinski definition) is 2. The molecule has 0 fully saturated rings. The standard InChI is InChI=1S/C16H16BrNO/c1-12-3-2-4-13(7-12)5-6-16(19)9-14-8-15(17)11-18-10-14/h2-4,7-8,10-11H,5-6,9H2,1H3. The molecule has 0 N–H and O–H groups in total. The number of aryl methyl sites for hydroxylation is 2. The van der Waals surface area contributed by atoms with Crippen LogP contribution in [0.25, 0.3) is 0 Å². The van der Waals surface area contributed by atoms with Gasteiger partial charge in [0.15, 0.2) is 0 Å². The lowest BCUT2D eigenvalue weighted by atomic mass is 10.0. The van der Waals surface area contributed by atoms with Crippen molar-refractivity contribution in [3.05, 3.63) is 63.9 Å². The van der Waals surface area contributed by atoms with Gasteiger partial charge in [-0.15, -0.1) is 0 Å². The van der Waals surface area contributed by atoms with Crippen molar-refractivity contribution in [3.8, 4) is 0 Å². The van der Waals surface area contributed by atoms with Crippen molar-refractivity contribution >= 4 is 21.7 Å². The van der Waals surface area contributed by atoms with Crippen LogP contribution in [0, 0.1) is 6.92 Å². The molecule has 0 aliphatic rings. The summed E-state index contributed by atoms with van der Waals surface area (Å²) < 4.78 is 0.913. The summed E-state index contributed by atoms with van der Waals surface area (Å²) in [5, 5.41) is 0. The van der Waals surface area contributed by atoms with Crippen molar-refractivity contribution in [3.63, 3.8) is 0 Å². The number of Topliss-reactive ketones (excluding diaryl/α,β-unsaturated/α-hetero) is 1. The molecule has 0 saturated carbocycles. The molecule has 0 saturated heterocycles. The molecule has 0 radical (unpaired) electrons. The zero-order valence-corrected chi connectivity index (χ0v) is 12.5. The van der Waals surface area contributed by atoms with Crippen LogP contribution >= 0.6 is 15.9 Å². The number of hydrogen-bond donors (Lipinski definition) is 0. The summed E-state index contributed by atoms with van der Waals surface area (Å²) >= 11 is 3.36. The van der Waals surface area contributed by atoms with Gasteiger partial charge in [-0.05, 0) is 46.5 Å². The predicted molar refractivity (Wildman–Crippen MR) is 80.1 cm³/mol. The van der Waals surface area contributed by atoms with E-state index in [2.05, 4.69) is 46.0 Å². The third-order valence-corrected chi connectivity index (χ3v) is 3.37. The van der Waals surface area contributed by atoms with Crippen LogP contribution in [0.2, 0.25) is 0 Å². The minimum absolute atomic E-state index is 0.251. The smallest absolute Gasteiger partial charge is 0.137 e. The monoisotopic (exact) mass is 317 g/mol. The van der Waals surface area contributed by atoms with Crippen LogP contribution < -0.4 is 0 Å². The van der Waals surface area contributed by atoms with Crippen LogP contribution in [0.1, 0.15) is 23.1 Å². The Bertz CT molecular complexity index is 580. The zero-order chi connectivity index (χ0) is 13.7. The summed E-state index contributed by atoms with van der Waals surface area (Å²) in [4.78, 5) is 16.0. The van der Waals surface area contributed by atoms with Gasteiger partial charge in [0.05, 0.1) is 0 Å². The molecule has 1 aromatic heterocycles. The number of rotatable bonds is 5. The van der Waals surface area contributed by atoms with E-state index >= 15 is 0 Å². The molecule has 1 heterocycles. The number of carbonyl (C=O) groups is 1. The Kier molecular flexibility index (Phi) is 4.86. The Hall–Kier alpha value is -1.48. The van der Waals surface area contributed by atoms with Crippen molar-refractivity contribution in [2.45, 2.75) is 26.2 Å². The number of ketones is 1. The number of halogens is 1. The minimum atomic E-state index is 0.251. The fourth-order valence-corrected chi connectivity index (χ4v) is 2.43. The highest BCUT2D eigenvalue weighted by Gasteiger charge is 2.05. The van der Waals surface area contributed by atoms with E-state index in [1.165, 1.54) is 11.1 Å². The topological polar surface area (TPSA) is 30.0 Å². The highest BCUT2D eigenvalue weighted by atomic mass is 79.9. The maximum atomic E-state index is 11.9. The fraction of sp³-hybridized carbons (Fsp3) is 0.250. The second-order valence-corrected chi connectivity index (χ2v) is 5.63. The van der Waals surface area contributed by atoms with E-state index < -0.39 is 0 Å². The summed E-state index contributed by atoms with van der Waals surface area (Å²) in [7, 11) is 0. The molecule has 2 nitrogen and oxygen atoms in total. The third-order valence-electron chi connectivity index (χ3n) is 2.94. The molecule has 0 aliphatic carbocycles. The van der Waals surface area contributed by atoms with Gasteiger partial charge in [0.2, 0.25) is 0 Å². The quantitative estimate of drug-likeness (QED) is 0.837. The fourth-order valence-electron chi connectivity index (χ4n) is 2.02. The van der Waals surface area contributed by atoms with E-state index in [0.717, 1.165) is 16.5 Å². The molecule has 0 aliphatic heterocycles. The van der Waals surface area contributed by atoms with Crippen LogP contribution in [0.15, 0.2) is 47.2 Å². The Morgan fingerprint density at radius 3 is 2.79 bits per heavy atom. The Morgan fingerprint density at radius 1 is 1.21 bits per heavy atom. The van der Waals surface area contributed by atoms with Gasteiger partial charge in [-0.3, -0.25) is 9.78 Å². The maximum absolute atomic E-state index is 11.9. The van der Waals surface area contributed by atoms with Crippen molar-refractivity contribution in [1.82, 2.24) is 4.98 Å². The van der Waals surface area contributed by atoms with Gasteiger partial charge in [-0.25, -0.2) is 0 Å². The van der Waals surface area contributed by atoms with Gasteiger partial charge < -0.3 is 0 Å². The SMILES string of the molecule is Cc1cccc(CCC(=O)Cc2cncc(Br)c2)c1. The van der Waals surface area contributed by atoms with E-state index in [0.29, 0.717) is 12.8 Å². The highest BCUT2D eigenvalue weighted by molar-refractivity contribution is 9.10. The van der Waals surface area contributed by atoms with Crippen molar-refractivity contribution in [2.75, 3.05) is 0 Å². The largest absolute Gasteiger partial charge is 0.299 e. The Morgan fingerprint density at radius 2 is 2.05 bits per heavy atom. The van der Waals surface area contributed by atoms with Crippen LogP contribution in [-0.2, 0) is 17.6 Å². The maximum Gasteiger partial charge on any atom is 0.137 e. The van der Waals surface area contributed by atoms with Gasteiger partial charge in [0, 0.05) is 29.7 Å². The first-order chi connectivity index (χ1) is 9.13. The first-order valence-electron chi connectivity index (χ1n) is 6.30. The number of carbonyl (C=O) groups excluding carboxylic acids is 1. The molecule has 1 aromatic carbocycles. The Labute approximate surface area is 122 Å². The number of aromatic nitrogens is 1. The molecular formula is C16H16BrNO. The summed E-state index contributed by atoms with van der Waals surface area (Å²) in [6, 6.07) is 10.2. The highest BCUT2D eigenvalue weighted by Crippen LogP contribution is 2.12. The molecule has 2 aromatic rings. The molecule has 0 atom stereocenters. The van der Waals surface area contributed by atoms with Crippen LogP contribution in [0.5, 0.6) is 0 Å². The Balaban J connectivity index is 1.88. The van der Waals surface area contributed by atoms with Gasteiger partial charge in [-0.1, -0.05) is 29.8 Å². The van der Waals surface area contributed by atoms with E-state index in [1.54, 1.807) is 12.4 Å². The summed E-state index contributed by atoms with van der Waals surface area (Å²) in [5.41, 5.74) is 3.42. The van der Waals surface area contributed by atoms with Crippen molar-refractivity contribution in [2.24, 2.45) is 0 Å². The van der Waals surface area contributed by atoms with E-state index in [-0.39, 0.29) is 5.78 Å². The molecule has 0 unspecified atom stereocenters. The summed E-state index contributed by atoms with van der Waals surface area (Å²) in [6.07, 6.45) is 5.31. The van der Waals surface area contributed by atoms with Crippen molar-refractivity contribution in [1.29, 1.82) is 0 Å². The lowest BCUT2D eigenvalue weighted by molar-refractivity contribution is -0.118. The van der Waals surface area contributed by atoms with E-state index in [1.807, 2.05) is 12.1 Å². The lowest BCUT2D eigenvalue weighted by Gasteiger charge is -2.03. The third kappa shape index (κ3) is 4.60. The zero-order valence-electron chi connectivity index (χ0n) is 10.9. The molecule has 3 heteroatoms. The van der Waals surface area contributed by atoms with Crippen molar-refractivity contribution < 1.29 is 4.79 Å². The van der Waals surface area contributed by atoms with Crippen LogP contribution in [-0.4, -0.2) is 10.8 Å². The summed E-state index contributed by atoms with van der Waals surface area (Å²) in [5.74, 6) is 0.251. The molecular weight excluding hydrogens is 302 g/mol. The predicted octanol–water partition coefficient (Wildman–Crippen LogP) is 3.90. The normalized spacial score (nSPS) is 10.4. The average Bonchev–Trinajstić information content (AvgIpc) is 2.36. The summed E-state index contributed by atoms with van der Waals surface area (Å²) in [6.45, 7) is 2.07. The average molecular weight is 318 g/mol. The van der Waals surface area contributed by atoms with Gasteiger partial charge in [-0.2, -0.15) is 0 Å². The van der Waals surface area contributed by atoms with E-state index in [9.17, 15) is 4.79 Å². The molecule has 98 valence electrons. The molecule has 2 rings (SSSR count). The first-order valence-corrected chi connectivity index (χ1v) is 7.09. The van der Waals surface area contributed by atoms with E-state index in [4.69, 9.17) is 0 Å². The molecule has 0 bridgehead atoms.